The molecule has 3 aromatic rings. The van der Waals surface area contributed by atoms with E-state index >= 15 is 0 Å². The van der Waals surface area contributed by atoms with Gasteiger partial charge in [-0.05, 0) is 43.0 Å². The van der Waals surface area contributed by atoms with Crippen molar-refractivity contribution in [3.8, 4) is 0 Å². The van der Waals surface area contributed by atoms with E-state index in [0.717, 1.165) is 39.7 Å². The Morgan fingerprint density at radius 2 is 1.72 bits per heavy atom. The van der Waals surface area contributed by atoms with Crippen molar-refractivity contribution in [3.05, 3.63) is 76.5 Å². The maximum absolute atomic E-state index is 12.9. The van der Waals surface area contributed by atoms with Crippen molar-refractivity contribution < 1.29 is 14.3 Å². The second-order valence-corrected chi connectivity index (χ2v) is 7.18. The van der Waals surface area contributed by atoms with Crippen LogP contribution in [0.25, 0.3) is 10.9 Å². The van der Waals surface area contributed by atoms with E-state index in [1.54, 1.807) is 11.9 Å². The Hall–Kier alpha value is -3.21. The largest absolute Gasteiger partial charge is 0.452 e. The molecule has 0 fully saturated rings. The number of benzene rings is 2. The number of pyridine rings is 1. The highest BCUT2D eigenvalue weighted by molar-refractivity contribution is 6.05. The first-order chi connectivity index (χ1) is 13.9. The predicted molar refractivity (Wildman–Crippen MR) is 114 cm³/mol. The van der Waals surface area contributed by atoms with Crippen LogP contribution >= 0.6 is 0 Å². The van der Waals surface area contributed by atoms with Crippen LogP contribution in [0.15, 0.2) is 48.5 Å². The molecule has 1 amide bonds. The van der Waals surface area contributed by atoms with Gasteiger partial charge in [0.1, 0.15) is 0 Å². The fraction of sp³-hybridized carbons (Fsp3) is 0.292. The Labute approximate surface area is 171 Å². The first-order valence-electron chi connectivity index (χ1n) is 9.76. The van der Waals surface area contributed by atoms with Crippen molar-refractivity contribution in [2.45, 2.75) is 33.7 Å². The quantitative estimate of drug-likeness (QED) is 0.591. The number of fused-ring (bicyclic) bond motifs is 1. The van der Waals surface area contributed by atoms with Gasteiger partial charge in [0, 0.05) is 24.7 Å². The molecule has 0 saturated carbocycles. The van der Waals surface area contributed by atoms with Crippen molar-refractivity contribution in [1.29, 1.82) is 0 Å². The van der Waals surface area contributed by atoms with E-state index in [9.17, 15) is 9.59 Å². The number of esters is 1. The molecule has 150 valence electrons. The molecule has 0 unspecified atom stereocenters. The fourth-order valence-electron chi connectivity index (χ4n) is 3.41. The summed E-state index contributed by atoms with van der Waals surface area (Å²) >= 11 is 0. The average Bonchev–Trinajstić information content (AvgIpc) is 2.72. The van der Waals surface area contributed by atoms with Crippen LogP contribution in [0.5, 0.6) is 0 Å². The highest BCUT2D eigenvalue weighted by Gasteiger charge is 2.20. The van der Waals surface area contributed by atoms with Crippen LogP contribution in [0.4, 0.5) is 0 Å². The van der Waals surface area contributed by atoms with Crippen LogP contribution in [0, 0.1) is 13.8 Å². The zero-order valence-electron chi connectivity index (χ0n) is 17.4. The predicted octanol–water partition coefficient (Wildman–Crippen LogP) is 4.23. The molecule has 0 atom stereocenters. The first kappa shape index (κ1) is 20.5. The van der Waals surface area contributed by atoms with Gasteiger partial charge in [0.2, 0.25) is 0 Å². The summed E-state index contributed by atoms with van der Waals surface area (Å²) in [6.07, 6.45) is 0.717. The lowest BCUT2D eigenvalue weighted by atomic mass is 10.0. The smallest absolute Gasteiger partial charge is 0.339 e. The van der Waals surface area contributed by atoms with Gasteiger partial charge < -0.3 is 9.64 Å². The van der Waals surface area contributed by atoms with E-state index < -0.39 is 5.97 Å². The van der Waals surface area contributed by atoms with Gasteiger partial charge in [-0.25, -0.2) is 4.79 Å². The third-order valence-corrected chi connectivity index (χ3v) is 5.20. The molecule has 0 radical (unpaired) electrons. The number of amides is 1. The van der Waals surface area contributed by atoms with E-state index in [-0.39, 0.29) is 12.5 Å². The maximum atomic E-state index is 12.9. The molecule has 0 bridgehead atoms. The second-order valence-electron chi connectivity index (χ2n) is 7.18. The Bertz CT molecular complexity index is 1060. The van der Waals surface area contributed by atoms with E-state index in [1.807, 2.05) is 69.3 Å². The van der Waals surface area contributed by atoms with E-state index in [2.05, 4.69) is 4.98 Å². The van der Waals surface area contributed by atoms with Gasteiger partial charge in [0.05, 0.1) is 11.1 Å². The van der Waals surface area contributed by atoms with Gasteiger partial charge in [-0.1, -0.05) is 49.4 Å². The van der Waals surface area contributed by atoms with E-state index in [1.165, 1.54) is 0 Å². The number of ether oxygens (including phenoxy) is 1. The SMILES string of the molecule is CCc1nc2ccccc2c(C(=O)OCC(=O)N(C)Cc2ccccc2C)c1C. The Morgan fingerprint density at radius 3 is 2.45 bits per heavy atom. The molecule has 0 spiro atoms. The van der Waals surface area contributed by atoms with Gasteiger partial charge in [0.25, 0.3) is 5.91 Å². The van der Waals surface area contributed by atoms with Crippen molar-refractivity contribution in [1.82, 2.24) is 9.88 Å². The molecule has 0 N–H and O–H groups in total. The number of rotatable bonds is 6. The number of hydrogen-bond donors (Lipinski definition) is 0. The number of likely N-dealkylation sites (N-methyl/N-ethyl adjacent to an activating group) is 1. The van der Waals surface area contributed by atoms with Crippen LogP contribution in [0.1, 0.15) is 39.7 Å². The van der Waals surface area contributed by atoms with Gasteiger partial charge in [-0.2, -0.15) is 0 Å². The number of carbonyl (C=O) groups excluding carboxylic acids is 2. The summed E-state index contributed by atoms with van der Waals surface area (Å²) in [5, 5.41) is 0.743. The lowest BCUT2D eigenvalue weighted by Gasteiger charge is -2.19. The topological polar surface area (TPSA) is 59.5 Å². The Kier molecular flexibility index (Phi) is 6.27. The summed E-state index contributed by atoms with van der Waals surface area (Å²) in [6.45, 7) is 6.07. The molecule has 3 rings (SSSR count). The average molecular weight is 390 g/mol. The zero-order valence-corrected chi connectivity index (χ0v) is 17.4. The number of para-hydroxylation sites is 1. The van der Waals surface area contributed by atoms with Crippen molar-refractivity contribution in [2.75, 3.05) is 13.7 Å². The fourth-order valence-corrected chi connectivity index (χ4v) is 3.41. The normalized spacial score (nSPS) is 10.8. The van der Waals surface area contributed by atoms with Crippen molar-refractivity contribution in [2.24, 2.45) is 0 Å². The molecule has 0 aliphatic heterocycles. The maximum Gasteiger partial charge on any atom is 0.339 e. The summed E-state index contributed by atoms with van der Waals surface area (Å²) in [5.41, 5.74) is 5.09. The third kappa shape index (κ3) is 4.45. The molecule has 2 aromatic carbocycles. The van der Waals surface area contributed by atoms with Crippen LogP contribution in [-0.4, -0.2) is 35.4 Å². The van der Waals surface area contributed by atoms with Gasteiger partial charge in [0.15, 0.2) is 6.61 Å². The molecule has 0 aliphatic rings. The summed E-state index contributed by atoms with van der Waals surface area (Å²) in [4.78, 5) is 31.6. The highest BCUT2D eigenvalue weighted by Crippen LogP contribution is 2.24. The number of nitrogens with zero attached hydrogens (tertiary/aromatic N) is 2. The molecule has 0 saturated heterocycles. The molecule has 1 heterocycles. The highest BCUT2D eigenvalue weighted by atomic mass is 16.5. The van der Waals surface area contributed by atoms with E-state index in [0.29, 0.717) is 12.1 Å². The standard InChI is InChI=1S/C24H26N2O3/c1-5-20-17(3)23(19-12-8-9-13-21(19)25-20)24(28)29-15-22(27)26(4)14-18-11-7-6-10-16(18)2/h6-13H,5,14-15H2,1-4H3. The number of aryl methyl sites for hydroxylation is 2. The second kappa shape index (κ2) is 8.86. The van der Waals surface area contributed by atoms with Crippen LogP contribution < -0.4 is 0 Å². The van der Waals surface area contributed by atoms with Gasteiger partial charge in [-0.3, -0.25) is 9.78 Å². The zero-order chi connectivity index (χ0) is 21.0. The van der Waals surface area contributed by atoms with E-state index in [4.69, 9.17) is 4.74 Å². The molecule has 0 aliphatic carbocycles. The van der Waals surface area contributed by atoms with Crippen LogP contribution in [0.3, 0.4) is 0 Å². The Morgan fingerprint density at radius 1 is 1.03 bits per heavy atom. The molecule has 5 heteroatoms. The molecule has 5 nitrogen and oxygen atoms in total. The minimum atomic E-state index is -0.492. The molecule has 1 aromatic heterocycles. The van der Waals surface area contributed by atoms with Crippen LogP contribution in [-0.2, 0) is 22.5 Å². The first-order valence-corrected chi connectivity index (χ1v) is 9.76. The molecule has 29 heavy (non-hydrogen) atoms. The molecular weight excluding hydrogens is 364 g/mol. The lowest BCUT2D eigenvalue weighted by Crippen LogP contribution is -2.31. The summed E-state index contributed by atoms with van der Waals surface area (Å²) in [5.74, 6) is -0.734. The number of aromatic nitrogens is 1. The monoisotopic (exact) mass is 390 g/mol. The Balaban J connectivity index is 1.75. The lowest BCUT2D eigenvalue weighted by molar-refractivity contribution is -0.133. The van der Waals surface area contributed by atoms with Gasteiger partial charge in [-0.15, -0.1) is 0 Å². The minimum Gasteiger partial charge on any atom is -0.452 e. The minimum absolute atomic E-state index is 0.242. The summed E-state index contributed by atoms with van der Waals surface area (Å²) < 4.78 is 5.41. The summed E-state index contributed by atoms with van der Waals surface area (Å²) in [6, 6.07) is 15.4. The number of carbonyl (C=O) groups is 2. The third-order valence-electron chi connectivity index (χ3n) is 5.20. The van der Waals surface area contributed by atoms with Crippen LogP contribution in [0.2, 0.25) is 0 Å². The molecular formula is C24H26N2O3. The van der Waals surface area contributed by atoms with Crippen molar-refractivity contribution in [3.63, 3.8) is 0 Å². The van der Waals surface area contributed by atoms with Gasteiger partial charge >= 0.3 is 5.97 Å². The summed E-state index contributed by atoms with van der Waals surface area (Å²) in [7, 11) is 1.71. The number of hydrogen-bond acceptors (Lipinski definition) is 4. The van der Waals surface area contributed by atoms with Crippen molar-refractivity contribution >= 4 is 22.8 Å².